The lowest BCUT2D eigenvalue weighted by atomic mass is 9.95. The van der Waals surface area contributed by atoms with Crippen molar-refractivity contribution in [3.05, 3.63) is 69.3 Å². The molecular weight excluding hydrogens is 376 g/mol. The van der Waals surface area contributed by atoms with E-state index in [1.165, 1.54) is 5.56 Å². The molecule has 0 radical (unpaired) electrons. The summed E-state index contributed by atoms with van der Waals surface area (Å²) in [6.07, 6.45) is 4.18. The summed E-state index contributed by atoms with van der Waals surface area (Å²) in [7, 11) is 0. The van der Waals surface area contributed by atoms with Gasteiger partial charge in [-0.2, -0.15) is 0 Å². The van der Waals surface area contributed by atoms with Gasteiger partial charge < -0.3 is 15.1 Å². The summed E-state index contributed by atoms with van der Waals surface area (Å²) in [6, 6.07) is 12.1. The Bertz CT molecular complexity index is 884. The number of halogens is 1. The van der Waals surface area contributed by atoms with Crippen molar-refractivity contribution in [1.29, 1.82) is 0 Å². The van der Waals surface area contributed by atoms with E-state index in [0.717, 1.165) is 38.8 Å². The summed E-state index contributed by atoms with van der Waals surface area (Å²) < 4.78 is 5.53. The van der Waals surface area contributed by atoms with E-state index in [0.29, 0.717) is 17.9 Å². The molecule has 2 fully saturated rings. The third kappa shape index (κ3) is 4.15. The van der Waals surface area contributed by atoms with Crippen LogP contribution in [0.15, 0.2) is 45.6 Å². The van der Waals surface area contributed by atoms with E-state index in [1.54, 1.807) is 0 Å². The van der Waals surface area contributed by atoms with Crippen molar-refractivity contribution in [3.8, 4) is 0 Å². The third-order valence-electron chi connectivity index (χ3n) is 5.92. The maximum Gasteiger partial charge on any atom is 0.349 e. The molecule has 2 N–H and O–H groups in total. The second-order valence-electron chi connectivity index (χ2n) is 7.87. The highest BCUT2D eigenvalue weighted by molar-refractivity contribution is 5.95. The zero-order chi connectivity index (χ0) is 18.9. The molecule has 2 heterocycles. The second kappa shape index (κ2) is 8.50. The maximum absolute atomic E-state index is 12.7. The Morgan fingerprint density at radius 3 is 2.64 bits per heavy atom. The van der Waals surface area contributed by atoms with Gasteiger partial charge in [0.2, 0.25) is 0 Å². The summed E-state index contributed by atoms with van der Waals surface area (Å²) in [5, 5.41) is 6.30. The number of piperidine rings is 1. The normalized spacial score (nSPS) is 20.1. The number of carbonyl (C=O) groups is 1. The number of hydrogen-bond acceptors (Lipinski definition) is 4. The van der Waals surface area contributed by atoms with Gasteiger partial charge in [0.15, 0.2) is 0 Å². The first-order valence-corrected chi connectivity index (χ1v) is 9.78. The first kappa shape index (κ1) is 20.6. The number of amides is 1. The molecule has 28 heavy (non-hydrogen) atoms. The molecule has 1 amide bonds. The van der Waals surface area contributed by atoms with Crippen LogP contribution >= 0.6 is 12.4 Å². The van der Waals surface area contributed by atoms with Crippen LogP contribution in [-0.2, 0) is 5.41 Å². The molecule has 6 heteroatoms. The van der Waals surface area contributed by atoms with Crippen LogP contribution < -0.4 is 16.3 Å². The number of carbonyl (C=O) groups excluding carboxylic acids is 1. The smallest absolute Gasteiger partial charge is 0.349 e. The Morgan fingerprint density at radius 2 is 2.04 bits per heavy atom. The van der Waals surface area contributed by atoms with E-state index >= 15 is 0 Å². The highest BCUT2D eigenvalue weighted by atomic mass is 35.5. The largest absolute Gasteiger partial charge is 0.427 e. The van der Waals surface area contributed by atoms with E-state index in [4.69, 9.17) is 4.42 Å². The van der Waals surface area contributed by atoms with Crippen LogP contribution in [0.1, 0.15) is 58.8 Å². The molecule has 0 bridgehead atoms. The fraction of sp³-hybridized carbons (Fsp3) is 0.455. The third-order valence-corrected chi connectivity index (χ3v) is 5.92. The van der Waals surface area contributed by atoms with Crippen LogP contribution in [0.25, 0.3) is 0 Å². The van der Waals surface area contributed by atoms with E-state index in [-0.39, 0.29) is 35.2 Å². The van der Waals surface area contributed by atoms with Crippen molar-refractivity contribution >= 4 is 18.3 Å². The van der Waals surface area contributed by atoms with Crippen LogP contribution in [0.4, 0.5) is 0 Å². The van der Waals surface area contributed by atoms with Gasteiger partial charge in [-0.05, 0) is 56.3 Å². The standard InChI is InChI=1S/C22H26N2O3.ClH/c1-15-12-18(16-6-5-11-23-13-16)27-21(26)19(15)20(25)24-14-22(9-10-22)17-7-3-2-4-8-17;/h2-4,7-8,12,16,23H,5-6,9-11,13-14H2,1H3,(H,24,25);1H. The van der Waals surface area contributed by atoms with Crippen LogP contribution in [0.3, 0.4) is 0 Å². The van der Waals surface area contributed by atoms with Gasteiger partial charge in [0.1, 0.15) is 11.3 Å². The van der Waals surface area contributed by atoms with Crippen LogP contribution in [0.5, 0.6) is 0 Å². The van der Waals surface area contributed by atoms with Crippen molar-refractivity contribution in [2.45, 2.75) is 43.9 Å². The minimum absolute atomic E-state index is 0. The Balaban J connectivity index is 0.00000225. The fourth-order valence-electron chi connectivity index (χ4n) is 4.05. The first-order valence-electron chi connectivity index (χ1n) is 9.78. The second-order valence-corrected chi connectivity index (χ2v) is 7.87. The summed E-state index contributed by atoms with van der Waals surface area (Å²) in [6.45, 7) is 4.18. The van der Waals surface area contributed by atoms with Gasteiger partial charge in [0, 0.05) is 24.4 Å². The summed E-state index contributed by atoms with van der Waals surface area (Å²) >= 11 is 0. The quantitative estimate of drug-likeness (QED) is 0.804. The Morgan fingerprint density at radius 1 is 1.29 bits per heavy atom. The molecule has 1 atom stereocenters. The summed E-state index contributed by atoms with van der Waals surface area (Å²) in [4.78, 5) is 25.2. The Kier molecular flexibility index (Phi) is 6.26. The van der Waals surface area contributed by atoms with E-state index < -0.39 is 5.63 Å². The zero-order valence-corrected chi connectivity index (χ0v) is 16.9. The molecule has 2 aromatic rings. The summed E-state index contributed by atoms with van der Waals surface area (Å²) in [5.74, 6) is 0.552. The minimum Gasteiger partial charge on any atom is -0.427 e. The minimum atomic E-state index is -0.530. The number of rotatable bonds is 5. The topological polar surface area (TPSA) is 71.3 Å². The molecule has 1 aromatic heterocycles. The number of nitrogens with one attached hydrogen (secondary N) is 2. The average molecular weight is 403 g/mol. The SMILES string of the molecule is Cc1cc(C2CCCNC2)oc(=O)c1C(=O)NCC1(c2ccccc2)CC1.Cl. The van der Waals surface area contributed by atoms with Crippen molar-refractivity contribution in [3.63, 3.8) is 0 Å². The lowest BCUT2D eigenvalue weighted by Gasteiger charge is -2.22. The average Bonchev–Trinajstić information content (AvgIpc) is 3.48. The number of hydrogen-bond donors (Lipinski definition) is 2. The number of benzene rings is 1. The highest BCUT2D eigenvalue weighted by Gasteiger charge is 2.44. The highest BCUT2D eigenvalue weighted by Crippen LogP contribution is 2.47. The van der Waals surface area contributed by atoms with Gasteiger partial charge in [0.25, 0.3) is 5.91 Å². The molecule has 5 nitrogen and oxygen atoms in total. The Hall–Kier alpha value is -2.11. The van der Waals surface area contributed by atoms with Crippen LogP contribution in [0, 0.1) is 6.92 Å². The molecule has 4 rings (SSSR count). The molecule has 150 valence electrons. The number of aryl methyl sites for hydroxylation is 1. The van der Waals surface area contributed by atoms with Crippen LogP contribution in [0.2, 0.25) is 0 Å². The molecule has 0 spiro atoms. The molecule has 1 aromatic carbocycles. The van der Waals surface area contributed by atoms with E-state index in [1.807, 2.05) is 31.2 Å². The lowest BCUT2D eigenvalue weighted by Crippen LogP contribution is -2.36. The molecule has 1 saturated carbocycles. The van der Waals surface area contributed by atoms with Gasteiger partial charge in [-0.25, -0.2) is 4.79 Å². The van der Waals surface area contributed by atoms with Crippen LogP contribution in [-0.4, -0.2) is 25.5 Å². The van der Waals surface area contributed by atoms with Crippen molar-refractivity contribution < 1.29 is 9.21 Å². The van der Waals surface area contributed by atoms with Gasteiger partial charge in [-0.3, -0.25) is 4.79 Å². The molecule has 1 saturated heterocycles. The summed E-state index contributed by atoms with van der Waals surface area (Å²) in [5.41, 5.74) is 1.55. The van der Waals surface area contributed by atoms with Gasteiger partial charge in [-0.1, -0.05) is 30.3 Å². The monoisotopic (exact) mass is 402 g/mol. The lowest BCUT2D eigenvalue weighted by molar-refractivity contribution is 0.0944. The molecule has 2 aliphatic rings. The predicted molar refractivity (Wildman–Crippen MR) is 111 cm³/mol. The van der Waals surface area contributed by atoms with Crippen molar-refractivity contribution in [2.75, 3.05) is 19.6 Å². The van der Waals surface area contributed by atoms with E-state index in [9.17, 15) is 9.59 Å². The van der Waals surface area contributed by atoms with Crippen molar-refractivity contribution in [1.82, 2.24) is 10.6 Å². The van der Waals surface area contributed by atoms with Gasteiger partial charge in [0.05, 0.1) is 0 Å². The molecular formula is C22H27ClN2O3. The molecule has 1 aliphatic carbocycles. The van der Waals surface area contributed by atoms with Crippen molar-refractivity contribution in [2.24, 2.45) is 0 Å². The van der Waals surface area contributed by atoms with E-state index in [2.05, 4.69) is 22.8 Å². The first-order chi connectivity index (χ1) is 13.1. The maximum atomic E-state index is 12.7. The van der Waals surface area contributed by atoms with Gasteiger partial charge in [-0.15, -0.1) is 12.4 Å². The van der Waals surface area contributed by atoms with Gasteiger partial charge >= 0.3 is 5.63 Å². The molecule has 1 aliphatic heterocycles. The fourth-order valence-corrected chi connectivity index (χ4v) is 4.05. The Labute approximate surface area is 171 Å². The zero-order valence-electron chi connectivity index (χ0n) is 16.1. The molecule has 1 unspecified atom stereocenters. The predicted octanol–water partition coefficient (Wildman–Crippen LogP) is 3.30.